The van der Waals surface area contributed by atoms with Crippen LogP contribution in [0.5, 0.6) is 0 Å². The number of nitrogen functional groups attached to an aromatic ring is 1. The molecule has 0 saturated heterocycles. The second kappa shape index (κ2) is 5.67. The van der Waals surface area contributed by atoms with E-state index < -0.39 is 0 Å². The Balaban J connectivity index is 1.84. The quantitative estimate of drug-likeness (QED) is 0.730. The molecule has 0 bridgehead atoms. The third-order valence-corrected chi connectivity index (χ3v) is 3.26. The summed E-state index contributed by atoms with van der Waals surface area (Å²) in [7, 11) is 0. The first-order valence-electron chi connectivity index (χ1n) is 5.84. The number of halogens is 2. The number of rotatable bonds is 5. The summed E-state index contributed by atoms with van der Waals surface area (Å²) in [6.45, 7) is 0.488. The van der Waals surface area contributed by atoms with Crippen LogP contribution >= 0.6 is 23.2 Å². The monoisotopic (exact) mass is 287 g/mol. The summed E-state index contributed by atoms with van der Waals surface area (Å²) < 4.78 is 0. The van der Waals surface area contributed by atoms with Crippen molar-refractivity contribution in [1.29, 1.82) is 0 Å². The highest BCUT2D eigenvalue weighted by Crippen LogP contribution is 2.32. The minimum Gasteiger partial charge on any atom is -0.399 e. The van der Waals surface area contributed by atoms with Gasteiger partial charge in [0.25, 0.3) is 0 Å². The van der Waals surface area contributed by atoms with E-state index in [1.807, 2.05) is 0 Å². The lowest BCUT2D eigenvalue weighted by atomic mass is 10.2. The fourth-order valence-corrected chi connectivity index (χ4v) is 2.23. The van der Waals surface area contributed by atoms with E-state index in [1.165, 1.54) is 0 Å². The first-order valence-corrected chi connectivity index (χ1v) is 6.59. The summed E-state index contributed by atoms with van der Waals surface area (Å²) in [4.78, 5) is 11.5. The highest BCUT2D eigenvalue weighted by Gasteiger charge is 2.22. The van der Waals surface area contributed by atoms with E-state index >= 15 is 0 Å². The van der Waals surface area contributed by atoms with E-state index in [-0.39, 0.29) is 5.91 Å². The molecule has 0 atom stereocenters. The Morgan fingerprint density at radius 1 is 1.33 bits per heavy atom. The Labute approximate surface area is 116 Å². The van der Waals surface area contributed by atoms with Crippen molar-refractivity contribution in [1.82, 2.24) is 5.32 Å². The number of anilines is 2. The fourth-order valence-electron chi connectivity index (χ4n) is 1.59. The molecule has 98 valence electrons. The van der Waals surface area contributed by atoms with Crippen LogP contribution in [-0.4, -0.2) is 18.5 Å². The normalized spacial score (nSPS) is 14.3. The van der Waals surface area contributed by atoms with Gasteiger partial charge >= 0.3 is 0 Å². The Morgan fingerprint density at radius 2 is 1.94 bits per heavy atom. The Kier molecular flexibility index (Phi) is 4.19. The van der Waals surface area contributed by atoms with Crippen molar-refractivity contribution in [2.75, 3.05) is 17.6 Å². The van der Waals surface area contributed by atoms with Crippen molar-refractivity contribution in [3.05, 3.63) is 22.2 Å². The van der Waals surface area contributed by atoms with Crippen LogP contribution in [0.25, 0.3) is 0 Å². The zero-order valence-electron chi connectivity index (χ0n) is 9.80. The van der Waals surface area contributed by atoms with Crippen LogP contribution in [0.2, 0.25) is 10.0 Å². The Morgan fingerprint density at radius 3 is 2.50 bits per heavy atom. The third-order valence-electron chi connectivity index (χ3n) is 2.66. The highest BCUT2D eigenvalue weighted by atomic mass is 35.5. The van der Waals surface area contributed by atoms with Gasteiger partial charge in [0.1, 0.15) is 0 Å². The minimum absolute atomic E-state index is 0.0488. The van der Waals surface area contributed by atoms with Gasteiger partial charge < -0.3 is 16.4 Å². The molecular formula is C12H15Cl2N3O. The molecule has 2 rings (SSSR count). The van der Waals surface area contributed by atoms with Crippen molar-refractivity contribution < 1.29 is 4.79 Å². The number of nitrogens with one attached hydrogen (secondary N) is 2. The maximum absolute atomic E-state index is 11.5. The molecule has 0 aliphatic heterocycles. The van der Waals surface area contributed by atoms with E-state index in [4.69, 9.17) is 28.9 Å². The lowest BCUT2D eigenvalue weighted by molar-refractivity contribution is -0.120. The minimum atomic E-state index is 0.0488. The first-order chi connectivity index (χ1) is 8.56. The zero-order chi connectivity index (χ0) is 13.1. The summed E-state index contributed by atoms with van der Waals surface area (Å²) in [5.74, 6) is 0.0488. The van der Waals surface area contributed by atoms with E-state index in [9.17, 15) is 4.79 Å². The molecule has 0 unspecified atom stereocenters. The van der Waals surface area contributed by atoms with Gasteiger partial charge in [-0.15, -0.1) is 0 Å². The largest absolute Gasteiger partial charge is 0.399 e. The number of carbonyl (C=O) groups excluding carboxylic acids is 1. The highest BCUT2D eigenvalue weighted by molar-refractivity contribution is 6.39. The molecule has 1 aromatic rings. The molecule has 1 aliphatic carbocycles. The van der Waals surface area contributed by atoms with Gasteiger partial charge in [-0.1, -0.05) is 23.2 Å². The molecule has 1 amide bonds. The molecule has 1 fully saturated rings. The van der Waals surface area contributed by atoms with Gasteiger partial charge in [0.2, 0.25) is 5.91 Å². The standard InChI is InChI=1S/C12H15Cl2N3O/c13-9-5-7(15)6-10(14)12(9)16-4-3-11(18)17-8-1-2-8/h5-6,8,16H,1-4,15H2,(H,17,18). The molecule has 1 aliphatic rings. The number of hydrogen-bond acceptors (Lipinski definition) is 3. The predicted molar refractivity (Wildman–Crippen MR) is 75.1 cm³/mol. The van der Waals surface area contributed by atoms with Gasteiger partial charge in [-0.05, 0) is 25.0 Å². The maximum Gasteiger partial charge on any atom is 0.221 e. The summed E-state index contributed by atoms with van der Waals surface area (Å²) in [5, 5.41) is 6.89. The van der Waals surface area contributed by atoms with Crippen LogP contribution in [0.3, 0.4) is 0 Å². The van der Waals surface area contributed by atoms with Crippen LogP contribution in [0, 0.1) is 0 Å². The molecule has 4 nitrogen and oxygen atoms in total. The summed E-state index contributed by atoms with van der Waals surface area (Å²) >= 11 is 12.0. The number of hydrogen-bond donors (Lipinski definition) is 3. The van der Waals surface area contributed by atoms with Gasteiger partial charge in [0.05, 0.1) is 15.7 Å². The Bertz CT molecular complexity index is 438. The number of carbonyl (C=O) groups is 1. The average Bonchev–Trinajstić information content (AvgIpc) is 3.05. The van der Waals surface area contributed by atoms with Crippen LogP contribution in [0.1, 0.15) is 19.3 Å². The summed E-state index contributed by atoms with van der Waals surface area (Å²) in [5.41, 5.74) is 6.74. The van der Waals surface area contributed by atoms with Crippen LogP contribution < -0.4 is 16.4 Å². The number of nitrogens with two attached hydrogens (primary N) is 1. The van der Waals surface area contributed by atoms with Crippen molar-refractivity contribution in [2.45, 2.75) is 25.3 Å². The number of amides is 1. The molecule has 1 saturated carbocycles. The van der Waals surface area contributed by atoms with Crippen molar-refractivity contribution in [3.63, 3.8) is 0 Å². The molecular weight excluding hydrogens is 273 g/mol. The van der Waals surface area contributed by atoms with Crippen molar-refractivity contribution in [2.24, 2.45) is 0 Å². The van der Waals surface area contributed by atoms with E-state index in [2.05, 4.69) is 10.6 Å². The van der Waals surface area contributed by atoms with Gasteiger partial charge in [0, 0.05) is 24.7 Å². The molecule has 0 aromatic heterocycles. The second-order valence-corrected chi connectivity index (χ2v) is 5.19. The zero-order valence-corrected chi connectivity index (χ0v) is 11.3. The van der Waals surface area contributed by atoms with Gasteiger partial charge in [-0.2, -0.15) is 0 Å². The SMILES string of the molecule is Nc1cc(Cl)c(NCCC(=O)NC2CC2)c(Cl)c1. The topological polar surface area (TPSA) is 67.1 Å². The molecule has 1 aromatic carbocycles. The first kappa shape index (κ1) is 13.3. The Hall–Kier alpha value is -1.13. The predicted octanol–water partition coefficient (Wildman–Crippen LogP) is 2.66. The van der Waals surface area contributed by atoms with Crippen LogP contribution in [0.4, 0.5) is 11.4 Å². The van der Waals surface area contributed by atoms with Crippen molar-refractivity contribution >= 4 is 40.5 Å². The maximum atomic E-state index is 11.5. The average molecular weight is 288 g/mol. The molecule has 0 heterocycles. The van der Waals surface area contributed by atoms with Crippen LogP contribution in [-0.2, 0) is 4.79 Å². The molecule has 0 radical (unpaired) electrons. The summed E-state index contributed by atoms with van der Waals surface area (Å²) in [6.07, 6.45) is 2.58. The third kappa shape index (κ3) is 3.68. The van der Waals surface area contributed by atoms with Gasteiger partial charge in [-0.25, -0.2) is 0 Å². The van der Waals surface area contributed by atoms with E-state index in [0.717, 1.165) is 12.8 Å². The van der Waals surface area contributed by atoms with Gasteiger partial charge in [0.15, 0.2) is 0 Å². The number of benzene rings is 1. The summed E-state index contributed by atoms with van der Waals surface area (Å²) in [6, 6.07) is 3.64. The van der Waals surface area contributed by atoms with Crippen LogP contribution in [0.15, 0.2) is 12.1 Å². The smallest absolute Gasteiger partial charge is 0.221 e. The molecule has 18 heavy (non-hydrogen) atoms. The lowest BCUT2D eigenvalue weighted by Gasteiger charge is -2.11. The van der Waals surface area contributed by atoms with E-state index in [0.29, 0.717) is 40.4 Å². The fraction of sp³-hybridized carbons (Fsp3) is 0.417. The molecule has 6 heteroatoms. The lowest BCUT2D eigenvalue weighted by Crippen LogP contribution is -2.27. The molecule has 0 spiro atoms. The molecule has 4 N–H and O–H groups in total. The second-order valence-electron chi connectivity index (χ2n) is 4.38. The van der Waals surface area contributed by atoms with E-state index in [1.54, 1.807) is 12.1 Å². The van der Waals surface area contributed by atoms with Crippen molar-refractivity contribution in [3.8, 4) is 0 Å². The van der Waals surface area contributed by atoms with Gasteiger partial charge in [-0.3, -0.25) is 4.79 Å².